The van der Waals surface area contributed by atoms with Crippen molar-refractivity contribution in [3.8, 4) is 0 Å². The second-order valence-electron chi connectivity index (χ2n) is 6.93. The summed E-state index contributed by atoms with van der Waals surface area (Å²) in [4.78, 5) is 28.6. The van der Waals surface area contributed by atoms with Crippen molar-refractivity contribution in [1.29, 1.82) is 0 Å². The van der Waals surface area contributed by atoms with Gasteiger partial charge in [0.2, 0.25) is 5.91 Å². The molecule has 2 saturated heterocycles. The minimum atomic E-state index is -0.712. The van der Waals surface area contributed by atoms with E-state index in [9.17, 15) is 14.7 Å². The highest BCUT2D eigenvalue weighted by Crippen LogP contribution is 2.20. The van der Waals surface area contributed by atoms with Crippen LogP contribution < -0.4 is 5.32 Å². The minimum absolute atomic E-state index is 0.0688. The normalized spacial score (nSPS) is 21.9. The van der Waals surface area contributed by atoms with Gasteiger partial charge < -0.3 is 20.2 Å². The number of piperidine rings is 1. The van der Waals surface area contributed by atoms with Gasteiger partial charge in [0.25, 0.3) is 0 Å². The summed E-state index contributed by atoms with van der Waals surface area (Å²) in [6, 6.07) is 9.37. The molecule has 0 aliphatic carbocycles. The third-order valence-electron chi connectivity index (χ3n) is 5.09. The van der Waals surface area contributed by atoms with Gasteiger partial charge in [0.05, 0.1) is 12.0 Å². The molecule has 25 heavy (non-hydrogen) atoms. The number of hydrogen-bond acceptors (Lipinski definition) is 3. The highest BCUT2D eigenvalue weighted by Gasteiger charge is 2.31. The first-order valence-corrected chi connectivity index (χ1v) is 9.19. The summed E-state index contributed by atoms with van der Waals surface area (Å²) in [6.07, 6.45) is 3.06. The number of nitrogens with zero attached hydrogens (tertiary/aromatic N) is 2. The quantitative estimate of drug-likeness (QED) is 0.873. The maximum atomic E-state index is 12.5. The first-order chi connectivity index (χ1) is 12.1. The van der Waals surface area contributed by atoms with Gasteiger partial charge in [-0.1, -0.05) is 30.3 Å². The molecule has 0 spiro atoms. The predicted octanol–water partition coefficient (Wildman–Crippen LogP) is 1.76. The van der Waals surface area contributed by atoms with Crippen LogP contribution in [0.4, 0.5) is 4.79 Å². The monoisotopic (exact) mass is 345 g/mol. The lowest BCUT2D eigenvalue weighted by atomic mass is 9.97. The molecule has 0 radical (unpaired) electrons. The number of hydrogen-bond donors (Lipinski definition) is 2. The fraction of sp³-hybridized carbons (Fsp3) is 0.579. The van der Waals surface area contributed by atoms with Crippen molar-refractivity contribution >= 4 is 11.9 Å². The summed E-state index contributed by atoms with van der Waals surface area (Å²) in [6.45, 7) is 3.05. The van der Waals surface area contributed by atoms with Gasteiger partial charge in [0.15, 0.2) is 0 Å². The topological polar surface area (TPSA) is 72.9 Å². The average molecular weight is 345 g/mol. The first kappa shape index (κ1) is 17.7. The second kappa shape index (κ2) is 8.34. The number of nitrogens with one attached hydrogen (secondary N) is 1. The Kier molecular flexibility index (Phi) is 5.91. The van der Waals surface area contributed by atoms with Gasteiger partial charge in [-0.05, 0) is 31.2 Å². The van der Waals surface area contributed by atoms with Crippen LogP contribution in [0.25, 0.3) is 0 Å². The van der Waals surface area contributed by atoms with Crippen molar-refractivity contribution in [3.05, 3.63) is 35.9 Å². The van der Waals surface area contributed by atoms with Gasteiger partial charge in [-0.25, -0.2) is 4.79 Å². The fourth-order valence-electron chi connectivity index (χ4n) is 3.61. The maximum absolute atomic E-state index is 12.5. The van der Waals surface area contributed by atoms with Crippen LogP contribution in [-0.2, 0) is 4.79 Å². The Morgan fingerprint density at radius 1 is 1.08 bits per heavy atom. The standard InChI is InChI=1S/C19H27N3O3/c23-17(15-7-2-1-3-8-15)13-20-18(24)16-9-6-12-22(14-16)19(25)21-10-4-5-11-21/h1-3,7-8,16-17,23H,4-6,9-14H2,(H,20,24)/t16-,17-/m0/s1. The molecule has 6 heteroatoms. The molecule has 3 rings (SSSR count). The molecule has 0 unspecified atom stereocenters. The van der Waals surface area contributed by atoms with Crippen LogP contribution in [0.1, 0.15) is 37.4 Å². The van der Waals surface area contributed by atoms with E-state index in [0.29, 0.717) is 6.54 Å². The number of amides is 3. The van der Waals surface area contributed by atoms with Crippen LogP contribution in [0.5, 0.6) is 0 Å². The van der Waals surface area contributed by atoms with E-state index in [-0.39, 0.29) is 24.4 Å². The number of likely N-dealkylation sites (tertiary alicyclic amines) is 2. The summed E-state index contributed by atoms with van der Waals surface area (Å²) >= 11 is 0. The number of carbonyl (C=O) groups excluding carboxylic acids is 2. The lowest BCUT2D eigenvalue weighted by Gasteiger charge is -2.34. The van der Waals surface area contributed by atoms with Gasteiger partial charge in [0, 0.05) is 32.7 Å². The third-order valence-corrected chi connectivity index (χ3v) is 5.09. The molecule has 2 N–H and O–H groups in total. The summed E-state index contributed by atoms with van der Waals surface area (Å²) in [7, 11) is 0. The Bertz CT molecular complexity index is 587. The molecule has 0 saturated carbocycles. The molecule has 2 aliphatic heterocycles. The van der Waals surface area contributed by atoms with Gasteiger partial charge in [-0.2, -0.15) is 0 Å². The van der Waals surface area contributed by atoms with Crippen molar-refractivity contribution in [3.63, 3.8) is 0 Å². The van der Waals surface area contributed by atoms with E-state index in [1.54, 1.807) is 0 Å². The van der Waals surface area contributed by atoms with Crippen LogP contribution in [-0.4, -0.2) is 59.6 Å². The molecule has 0 bridgehead atoms. The van der Waals surface area contributed by atoms with Crippen LogP contribution in [0, 0.1) is 5.92 Å². The number of rotatable bonds is 4. The van der Waals surface area contributed by atoms with Crippen LogP contribution in [0.3, 0.4) is 0 Å². The zero-order valence-electron chi connectivity index (χ0n) is 14.6. The van der Waals surface area contributed by atoms with Gasteiger partial charge in [-0.15, -0.1) is 0 Å². The molecule has 2 atom stereocenters. The Hall–Kier alpha value is -2.08. The predicted molar refractivity (Wildman–Crippen MR) is 94.9 cm³/mol. The molecule has 3 amide bonds. The van der Waals surface area contributed by atoms with Crippen LogP contribution in [0.2, 0.25) is 0 Å². The zero-order chi connectivity index (χ0) is 17.6. The lowest BCUT2D eigenvalue weighted by molar-refractivity contribution is -0.126. The molecule has 1 aromatic rings. The Morgan fingerprint density at radius 2 is 1.76 bits per heavy atom. The summed E-state index contributed by atoms with van der Waals surface area (Å²) < 4.78 is 0. The van der Waals surface area contributed by atoms with E-state index in [4.69, 9.17) is 0 Å². The molecular weight excluding hydrogens is 318 g/mol. The lowest BCUT2D eigenvalue weighted by Crippen LogP contribution is -2.49. The second-order valence-corrected chi connectivity index (χ2v) is 6.93. The van der Waals surface area contributed by atoms with E-state index >= 15 is 0 Å². The van der Waals surface area contributed by atoms with Crippen molar-refractivity contribution in [2.24, 2.45) is 5.92 Å². The average Bonchev–Trinajstić information content (AvgIpc) is 3.20. The highest BCUT2D eigenvalue weighted by atomic mass is 16.3. The number of benzene rings is 1. The smallest absolute Gasteiger partial charge is 0.320 e. The van der Waals surface area contributed by atoms with Gasteiger partial charge >= 0.3 is 6.03 Å². The first-order valence-electron chi connectivity index (χ1n) is 9.19. The third kappa shape index (κ3) is 4.51. The summed E-state index contributed by atoms with van der Waals surface area (Å²) in [5.74, 6) is -0.267. The van der Waals surface area contributed by atoms with E-state index in [1.807, 2.05) is 40.1 Å². The van der Waals surface area contributed by atoms with Crippen LogP contribution >= 0.6 is 0 Å². The molecule has 2 heterocycles. The maximum Gasteiger partial charge on any atom is 0.320 e. The molecule has 2 fully saturated rings. The zero-order valence-corrected chi connectivity index (χ0v) is 14.6. The van der Waals surface area contributed by atoms with E-state index in [2.05, 4.69) is 5.32 Å². The minimum Gasteiger partial charge on any atom is -0.387 e. The van der Waals surface area contributed by atoms with E-state index in [1.165, 1.54) is 0 Å². The molecule has 1 aromatic carbocycles. The molecule has 0 aromatic heterocycles. The molecule has 136 valence electrons. The van der Waals surface area contributed by atoms with E-state index < -0.39 is 6.10 Å². The number of aliphatic hydroxyl groups is 1. The van der Waals surface area contributed by atoms with E-state index in [0.717, 1.165) is 50.9 Å². The number of urea groups is 1. The molecular formula is C19H27N3O3. The summed E-state index contributed by atoms with van der Waals surface area (Å²) in [5.41, 5.74) is 0.789. The largest absolute Gasteiger partial charge is 0.387 e. The fourth-order valence-corrected chi connectivity index (χ4v) is 3.61. The number of aliphatic hydroxyl groups excluding tert-OH is 1. The van der Waals surface area contributed by atoms with Crippen molar-refractivity contribution in [2.45, 2.75) is 31.8 Å². The Labute approximate surface area is 148 Å². The summed E-state index contributed by atoms with van der Waals surface area (Å²) in [5, 5.41) is 13.0. The van der Waals surface area contributed by atoms with Crippen LogP contribution in [0.15, 0.2) is 30.3 Å². The number of carbonyl (C=O) groups is 2. The van der Waals surface area contributed by atoms with Gasteiger partial charge in [-0.3, -0.25) is 4.79 Å². The highest BCUT2D eigenvalue weighted by molar-refractivity contribution is 5.81. The van der Waals surface area contributed by atoms with Crippen molar-refractivity contribution < 1.29 is 14.7 Å². The molecule has 6 nitrogen and oxygen atoms in total. The van der Waals surface area contributed by atoms with Crippen molar-refractivity contribution in [1.82, 2.24) is 15.1 Å². The van der Waals surface area contributed by atoms with Gasteiger partial charge in [0.1, 0.15) is 0 Å². The SMILES string of the molecule is O=C(NC[C@H](O)c1ccccc1)[C@H]1CCCN(C(=O)N2CCCC2)C1. The Balaban J connectivity index is 1.49. The molecule has 2 aliphatic rings. The van der Waals surface area contributed by atoms with Crippen molar-refractivity contribution in [2.75, 3.05) is 32.7 Å². The Morgan fingerprint density at radius 3 is 2.48 bits per heavy atom.